The van der Waals surface area contributed by atoms with Gasteiger partial charge >= 0.3 is 0 Å². The van der Waals surface area contributed by atoms with Crippen LogP contribution in [0.1, 0.15) is 282 Å². The molecule has 0 amide bonds. The van der Waals surface area contributed by atoms with Crippen LogP contribution in [0.15, 0.2) is 207 Å². The lowest BCUT2D eigenvalue weighted by Crippen LogP contribution is -2.29. The lowest BCUT2D eigenvalue weighted by molar-refractivity contribution is -0.659. The van der Waals surface area contributed by atoms with Crippen molar-refractivity contribution in [3.05, 3.63) is 285 Å². The molecule has 0 bridgehead atoms. The highest BCUT2D eigenvalue weighted by Gasteiger charge is 2.33. The highest BCUT2D eigenvalue weighted by molar-refractivity contribution is 5.68. The van der Waals surface area contributed by atoms with Gasteiger partial charge in [-0.25, -0.2) is 18.3 Å². The van der Waals surface area contributed by atoms with E-state index in [1.54, 1.807) is 0 Å². The Morgan fingerprint density at radius 3 is 0.708 bits per heavy atom. The first kappa shape index (κ1) is 73.5. The van der Waals surface area contributed by atoms with Crippen LogP contribution in [0.3, 0.4) is 0 Å². The monoisotopic (exact) mass is 1420 g/mol. The Bertz CT molecular complexity index is 5120. The molecule has 0 spiro atoms. The second kappa shape index (κ2) is 34.9. The van der Waals surface area contributed by atoms with E-state index < -0.39 is 29.5 Å². The molecule has 0 aliphatic rings. The van der Waals surface area contributed by atoms with Crippen molar-refractivity contribution in [2.75, 3.05) is 0 Å². The van der Waals surface area contributed by atoms with Gasteiger partial charge in [0.2, 0.25) is 0 Å². The molecule has 0 aliphatic heterocycles. The Hall–Kier alpha value is -9.40. The third-order valence-corrected chi connectivity index (χ3v) is 20.8. The maximum atomic E-state index is 8.95. The zero-order valence-corrected chi connectivity index (χ0v) is 69.6. The Morgan fingerprint density at radius 2 is 0.472 bits per heavy atom. The van der Waals surface area contributed by atoms with E-state index in [1.165, 1.54) is 84.2 Å². The van der Waals surface area contributed by atoms with E-state index in [-0.39, 0.29) is 0 Å². The summed E-state index contributed by atoms with van der Waals surface area (Å²) in [5.74, 6) is 2.76. The van der Waals surface area contributed by atoms with E-state index in [0.717, 1.165) is 62.0 Å². The van der Waals surface area contributed by atoms with Crippen LogP contribution in [0.25, 0.3) is 68.3 Å². The zero-order valence-electron chi connectivity index (χ0n) is 74.6. The van der Waals surface area contributed by atoms with Crippen molar-refractivity contribution in [1.29, 1.82) is 0 Å². The first-order valence-electron chi connectivity index (χ1n) is 40.9. The average molecular weight is 1420 g/mol. The third-order valence-electron chi connectivity index (χ3n) is 20.8. The highest BCUT2D eigenvalue weighted by atomic mass is 15.2. The normalized spacial score (nSPS) is 12.9. The lowest BCUT2D eigenvalue weighted by atomic mass is 9.87. The molecule has 8 heteroatoms. The van der Waals surface area contributed by atoms with Crippen LogP contribution < -0.4 is 18.3 Å². The van der Waals surface area contributed by atoms with Crippen molar-refractivity contribution in [3.8, 4) is 68.3 Å². The molecule has 0 N–H and O–H groups in total. The Balaban J connectivity index is 0.000000171. The number of rotatable bonds is 18. The van der Waals surface area contributed by atoms with E-state index in [9.17, 15) is 0 Å². The summed E-state index contributed by atoms with van der Waals surface area (Å²) in [6.07, 6.45) is 16.9. The number of nitrogens with zero attached hydrogens (tertiary/aromatic N) is 8. The second-order valence-electron chi connectivity index (χ2n) is 31.9. The third kappa shape index (κ3) is 17.3. The predicted molar refractivity (Wildman–Crippen MR) is 449 cm³/mol. The van der Waals surface area contributed by atoms with Gasteiger partial charge in [0.1, 0.15) is 72.3 Å². The Morgan fingerprint density at radius 1 is 0.245 bits per heavy atom. The van der Waals surface area contributed by atoms with Gasteiger partial charge in [0.05, 0.1) is 50.4 Å². The van der Waals surface area contributed by atoms with Crippen LogP contribution in [0.5, 0.6) is 0 Å². The zero-order chi connectivity index (χ0) is 82.1. The summed E-state index contributed by atoms with van der Waals surface area (Å²) in [5.41, 5.74) is 25.7. The van der Waals surface area contributed by atoms with E-state index >= 15 is 0 Å². The molecule has 0 radical (unpaired) electrons. The number of aromatic nitrogens is 8. The topological polar surface area (TPSA) is 35.2 Å². The number of imidazole rings is 4. The van der Waals surface area contributed by atoms with Crippen LogP contribution in [0, 0.1) is 27.7 Å². The maximum absolute atomic E-state index is 8.95. The summed E-state index contributed by atoms with van der Waals surface area (Å²) in [4.78, 5) is 0. The highest BCUT2D eigenvalue weighted by Crippen LogP contribution is 2.41. The molecule has 8 nitrogen and oxygen atoms in total. The first-order valence-corrected chi connectivity index (χ1v) is 38.4. The molecule has 556 valence electrons. The number of benzene rings is 8. The Labute approximate surface area is 646 Å². The van der Waals surface area contributed by atoms with Gasteiger partial charge in [-0.1, -0.05) is 272 Å². The van der Waals surface area contributed by atoms with E-state index in [0.29, 0.717) is 29.6 Å². The molecule has 12 rings (SSSR count). The fraction of sp³-hybridized carbons (Fsp3) is 0.388. The van der Waals surface area contributed by atoms with Crippen molar-refractivity contribution in [1.82, 2.24) is 18.3 Å². The summed E-state index contributed by atoms with van der Waals surface area (Å²) in [6, 6.07) is 55.5. The molecule has 0 saturated carbocycles. The molecule has 8 aromatic carbocycles. The first-order chi connectivity index (χ1) is 51.8. The van der Waals surface area contributed by atoms with Crippen LogP contribution >= 0.6 is 0 Å². The fourth-order valence-corrected chi connectivity index (χ4v) is 14.7. The summed E-state index contributed by atoms with van der Waals surface area (Å²) in [6.45, 7) is 50.4. The van der Waals surface area contributed by atoms with Gasteiger partial charge in [-0.05, 0) is 144 Å². The molecule has 0 fully saturated rings. The average Bonchev–Trinajstić information content (AvgIpc) is 1.75. The SMILES string of the molecule is Cc1ccccc1-c1n(-c2c(C(C)C)cc(C(C)C)cc2C(C)C)cc[n+]1C.Cc1ccccc1-c1n(-c2c(C(C)C)cccc2C(C)C)cc[n+]1C.[2H]C(C)(C)c1cc(C([2H])(C)C)c(-n2cc[n+](C)c2-c2ccccc2C)c(C([2H])(C)C)c1.[2H]C(C)(C)c1cccc(C([2H])(C)C)c1-n1cc[n+](C)c1-c1ccccc1C. The predicted octanol–water partition coefficient (Wildman–Crippen LogP) is 24.3. The smallest absolute Gasteiger partial charge is 0.232 e. The summed E-state index contributed by atoms with van der Waals surface area (Å²) in [7, 11) is 8.34. The summed E-state index contributed by atoms with van der Waals surface area (Å²) >= 11 is 0. The largest absolute Gasteiger partial charge is 0.294 e. The minimum Gasteiger partial charge on any atom is -0.232 e. The molecular weight excluding hydrogens is 1290 g/mol. The van der Waals surface area contributed by atoms with Gasteiger partial charge in [-0.15, -0.1) is 0 Å². The molecule has 0 saturated heterocycles. The Kier molecular flexibility index (Phi) is 24.2. The van der Waals surface area contributed by atoms with Crippen LogP contribution in [-0.4, -0.2) is 18.3 Å². The second-order valence-corrected chi connectivity index (χ2v) is 31.9. The van der Waals surface area contributed by atoms with Gasteiger partial charge in [0.25, 0.3) is 23.3 Å². The van der Waals surface area contributed by atoms with Crippen LogP contribution in [0.2, 0.25) is 0 Å². The fourth-order valence-electron chi connectivity index (χ4n) is 14.7. The summed E-state index contributed by atoms with van der Waals surface area (Å²) < 4.78 is 61.7. The minimum atomic E-state index is -0.900. The molecule has 0 atom stereocenters. The molecule has 106 heavy (non-hydrogen) atoms. The van der Waals surface area contributed by atoms with Gasteiger partial charge in [0.15, 0.2) is 0 Å². The standard InChI is InChI=1S/2C26H35N2.2C23H29N2/c2*1-17(2)21-15-23(18(3)4)25(24(16-21)19(5)6)28-14-13-27(8)26(28)22-12-10-9-11-20(22)7;2*1-16(2)19-12-9-13-20(17(3)4)22(19)25-15-14-24(6)23(25)21-11-8-7-10-18(21)5/h2*9-19H,1-8H3;2*7-17H,1-6H3/q4*+1/i17D,18D,19D;;16D,17D;. The number of para-hydroxylation sites is 2. The molecule has 4 heterocycles. The molecule has 0 unspecified atom stereocenters. The number of hydrogen-bond acceptors (Lipinski definition) is 0. The minimum absolute atomic E-state index is 0.462. The quantitative estimate of drug-likeness (QED) is 0.0768. The van der Waals surface area contributed by atoms with E-state index in [1.807, 2.05) is 157 Å². The van der Waals surface area contributed by atoms with Crippen LogP contribution in [0.4, 0.5) is 0 Å². The van der Waals surface area contributed by atoms with Gasteiger partial charge < -0.3 is 0 Å². The van der Waals surface area contributed by atoms with Gasteiger partial charge in [-0.2, -0.15) is 18.3 Å². The van der Waals surface area contributed by atoms with E-state index in [4.69, 9.17) is 6.85 Å². The number of aryl methyl sites for hydroxylation is 8. The van der Waals surface area contributed by atoms with Crippen molar-refractivity contribution < 1.29 is 25.1 Å². The lowest BCUT2D eigenvalue weighted by Gasteiger charge is -2.21. The van der Waals surface area contributed by atoms with Crippen molar-refractivity contribution in [2.45, 2.75) is 225 Å². The van der Waals surface area contributed by atoms with Crippen molar-refractivity contribution >= 4 is 0 Å². The van der Waals surface area contributed by atoms with Crippen molar-refractivity contribution in [3.63, 3.8) is 0 Å². The van der Waals surface area contributed by atoms with Gasteiger partial charge in [-0.3, -0.25) is 0 Å². The van der Waals surface area contributed by atoms with Crippen molar-refractivity contribution in [2.24, 2.45) is 28.2 Å². The van der Waals surface area contributed by atoms with Crippen LogP contribution in [-0.2, 0) is 28.2 Å². The number of hydrogen-bond donors (Lipinski definition) is 0. The van der Waals surface area contributed by atoms with Gasteiger partial charge in [0, 0.05) is 51.4 Å². The van der Waals surface area contributed by atoms with E-state index in [2.05, 4.69) is 282 Å². The summed E-state index contributed by atoms with van der Waals surface area (Å²) in [5, 5.41) is 0. The molecular formula is C98H128N8+4. The molecule has 12 aromatic rings. The molecule has 0 aliphatic carbocycles. The molecule has 4 aromatic heterocycles. The maximum Gasteiger partial charge on any atom is 0.294 e.